The SMILES string of the molecule is [2H]c1nc(-c2[c-]c(-c3cccc4c3nc(-c3cc(C)cc(C)c3O[CH2-])n4-c3cc(-c4ccccc4)c(C([2H])([2H])[2H])cc3-c3ccccc3)cc(C(C)(C)C)c2)c([2H])c(-c2c([2H])c([2H])c(C([2H])([2H])[2H])c([2H])c2[2H])c1[2H].[Pt+2]. The third kappa shape index (κ3) is 8.08. The Bertz CT molecular complexity index is 3690. The summed E-state index contributed by atoms with van der Waals surface area (Å²) in [6.45, 7) is 4.41. The number of hydrogen-bond donors (Lipinski definition) is 0. The Hall–Kier alpha value is -6.35. The molecule has 9 aromatic rings. The molecule has 0 fully saturated rings. The third-order valence-electron chi connectivity index (χ3n) is 10.8. The molecule has 5 heteroatoms. The molecule has 0 atom stereocenters. The molecular weight excluding hydrogens is 938 g/mol. The van der Waals surface area contributed by atoms with Crippen LogP contribution >= 0.6 is 0 Å². The van der Waals surface area contributed by atoms with E-state index in [1.165, 1.54) is 0 Å². The third-order valence-corrected chi connectivity index (χ3v) is 10.8. The first kappa shape index (κ1) is 29.0. The van der Waals surface area contributed by atoms with Crippen LogP contribution in [0.4, 0.5) is 0 Å². The van der Waals surface area contributed by atoms with Gasteiger partial charge in [0.15, 0.2) is 0 Å². The monoisotopic (exact) mass is 999 g/mol. The predicted molar refractivity (Wildman–Crippen MR) is 254 cm³/mol. The zero-order valence-electron chi connectivity index (χ0n) is 47.7. The molecule has 0 N–H and O–H groups in total. The summed E-state index contributed by atoms with van der Waals surface area (Å²) in [6.07, 6.45) is -0.616. The summed E-state index contributed by atoms with van der Waals surface area (Å²) in [7, 11) is 3.85. The zero-order valence-corrected chi connectivity index (χ0v) is 37.0. The van der Waals surface area contributed by atoms with E-state index in [0.717, 1.165) is 22.3 Å². The van der Waals surface area contributed by atoms with Gasteiger partial charge in [0, 0.05) is 25.7 Å². The van der Waals surface area contributed by atoms with E-state index in [-0.39, 0.29) is 37.9 Å². The summed E-state index contributed by atoms with van der Waals surface area (Å²) in [6, 6.07) is 35.0. The molecule has 2 aromatic heterocycles. The number of benzene rings is 7. The van der Waals surface area contributed by atoms with E-state index in [9.17, 15) is 1.37 Å². The Kier molecular flexibility index (Phi) is 8.05. The van der Waals surface area contributed by atoms with Gasteiger partial charge >= 0.3 is 21.1 Å². The standard InChI is InChI=1S/C57H49N3O.Pt/c1-36-22-24-40(25-23-36)43-26-27-58-51(34-43)45-31-44(32-46(33-45)57(5,6)7)47-20-15-21-52-54(47)59-56(50-29-37(2)28-39(4)55(50)61-8)60(52)53-35-48(41-16-11-9-12-17-41)38(3)30-49(53)42-18-13-10-14-19-42;/h9-30,32-35H,8H2,1-7H3;/q-2;+2/i1D3,3D3,22D,23D,24D,25D,26D,27D,34D;. The number of pyridine rings is 1. The largest absolute Gasteiger partial charge is 2.00 e. The predicted octanol–water partition coefficient (Wildman–Crippen LogP) is 14.9. The van der Waals surface area contributed by atoms with Crippen molar-refractivity contribution in [1.29, 1.82) is 0 Å². The number of hydrogen-bond acceptors (Lipinski definition) is 3. The van der Waals surface area contributed by atoms with Crippen LogP contribution in [0, 0.1) is 40.7 Å². The van der Waals surface area contributed by atoms with Crippen LogP contribution in [0.15, 0.2) is 158 Å². The van der Waals surface area contributed by atoms with E-state index in [1.54, 1.807) is 12.1 Å². The van der Waals surface area contributed by atoms with E-state index in [4.69, 9.17) is 26.2 Å². The van der Waals surface area contributed by atoms with E-state index >= 15 is 0 Å². The second kappa shape index (κ2) is 17.2. The van der Waals surface area contributed by atoms with Gasteiger partial charge in [0.05, 0.1) is 37.6 Å². The molecule has 0 bridgehead atoms. The molecule has 0 aliphatic carbocycles. The van der Waals surface area contributed by atoms with Gasteiger partial charge in [0.25, 0.3) is 0 Å². The Morgan fingerprint density at radius 1 is 0.661 bits per heavy atom. The van der Waals surface area contributed by atoms with E-state index < -0.39 is 78.2 Å². The van der Waals surface area contributed by atoms with Crippen molar-refractivity contribution < 1.29 is 43.6 Å². The number of para-hydroxylation sites is 1. The maximum Gasteiger partial charge on any atom is 2.00 e. The molecule has 0 aliphatic rings. The number of imidazole rings is 1. The average Bonchev–Trinajstić information content (AvgIpc) is 3.74. The molecule has 0 saturated carbocycles. The summed E-state index contributed by atoms with van der Waals surface area (Å²) in [4.78, 5) is 9.90. The number of aromatic nitrogens is 3. The number of rotatable bonds is 8. The summed E-state index contributed by atoms with van der Waals surface area (Å²) in [5, 5.41) is 0. The number of ether oxygens (including phenoxy) is 1. The van der Waals surface area contributed by atoms with Crippen molar-refractivity contribution in [3.05, 3.63) is 199 Å². The molecule has 2 heterocycles. The molecule has 0 unspecified atom stereocenters. The van der Waals surface area contributed by atoms with Crippen molar-refractivity contribution in [2.45, 2.75) is 53.7 Å². The van der Waals surface area contributed by atoms with Gasteiger partial charge in [-0.05, 0) is 108 Å². The van der Waals surface area contributed by atoms with Gasteiger partial charge < -0.3 is 4.74 Å². The van der Waals surface area contributed by atoms with Crippen LogP contribution in [-0.2, 0) is 26.5 Å². The minimum Gasteiger partial charge on any atom is -0.665 e. The van der Waals surface area contributed by atoms with Crippen molar-refractivity contribution in [3.63, 3.8) is 0 Å². The van der Waals surface area contributed by atoms with Gasteiger partial charge in [-0.15, -0.1) is 29.3 Å². The molecule has 0 radical (unpaired) electrons. The van der Waals surface area contributed by atoms with Gasteiger partial charge in [-0.2, -0.15) is 7.11 Å². The topological polar surface area (TPSA) is 39.9 Å². The molecule has 308 valence electrons. The molecule has 4 nitrogen and oxygen atoms in total. The molecule has 0 aliphatic heterocycles. The fourth-order valence-corrected chi connectivity index (χ4v) is 7.81. The van der Waals surface area contributed by atoms with Crippen molar-refractivity contribution in [2.24, 2.45) is 0 Å². The van der Waals surface area contributed by atoms with Gasteiger partial charge in [0.1, 0.15) is 5.82 Å². The second-order valence-corrected chi connectivity index (χ2v) is 16.1. The molecule has 7 aromatic carbocycles. The fraction of sp³-hybridized carbons (Fsp3) is 0.140. The molecule has 0 spiro atoms. The first-order chi connectivity index (χ1) is 34.8. The van der Waals surface area contributed by atoms with Crippen LogP contribution in [0.2, 0.25) is 0 Å². The summed E-state index contributed by atoms with van der Waals surface area (Å²) < 4.78 is 120. The summed E-state index contributed by atoms with van der Waals surface area (Å²) in [5.41, 5.74) is 6.53. The van der Waals surface area contributed by atoms with Crippen molar-refractivity contribution in [3.8, 4) is 78.6 Å². The Labute approximate surface area is 398 Å². The Morgan fingerprint density at radius 3 is 2.05 bits per heavy atom. The second-order valence-electron chi connectivity index (χ2n) is 16.1. The quantitative estimate of drug-likeness (QED) is 0.142. The van der Waals surface area contributed by atoms with Gasteiger partial charge in [0.2, 0.25) is 0 Å². The minimum absolute atomic E-state index is 0. The number of aryl methyl sites for hydroxylation is 3. The Morgan fingerprint density at radius 2 is 1.37 bits per heavy atom. The Balaban J connectivity index is 0.00000747. The summed E-state index contributed by atoms with van der Waals surface area (Å²) >= 11 is 0. The first-order valence-corrected chi connectivity index (χ1v) is 19.8. The van der Waals surface area contributed by atoms with Crippen LogP contribution in [0.1, 0.15) is 66.4 Å². The normalized spacial score (nSPS) is 14.8. The van der Waals surface area contributed by atoms with Gasteiger partial charge in [-0.1, -0.05) is 147 Å². The average molecular weight is 1000 g/mol. The van der Waals surface area contributed by atoms with Gasteiger partial charge in [-0.25, -0.2) is 4.98 Å². The van der Waals surface area contributed by atoms with E-state index in [2.05, 4.69) is 18.2 Å². The maximum absolute atomic E-state index is 9.57. The summed E-state index contributed by atoms with van der Waals surface area (Å²) in [5.74, 6) is 0.932. The van der Waals surface area contributed by atoms with Crippen LogP contribution in [-0.4, -0.2) is 14.5 Å². The molecule has 0 saturated heterocycles. The maximum atomic E-state index is 9.57. The zero-order chi connectivity index (χ0) is 53.5. The van der Waals surface area contributed by atoms with Crippen LogP contribution < -0.4 is 4.74 Å². The van der Waals surface area contributed by atoms with Crippen LogP contribution in [0.3, 0.4) is 0 Å². The molecule has 9 rings (SSSR count). The minimum atomic E-state index is -2.99. The molecule has 0 amide bonds. The first-order valence-electron chi connectivity index (χ1n) is 26.3. The number of nitrogens with zero attached hydrogens (tertiary/aromatic N) is 3. The van der Waals surface area contributed by atoms with Crippen LogP contribution in [0.5, 0.6) is 5.75 Å². The van der Waals surface area contributed by atoms with Crippen molar-refractivity contribution in [1.82, 2.24) is 14.5 Å². The van der Waals surface area contributed by atoms with Gasteiger partial charge in [-0.3, -0.25) is 9.55 Å². The van der Waals surface area contributed by atoms with Crippen LogP contribution in [0.25, 0.3) is 83.9 Å². The fourth-order valence-electron chi connectivity index (χ4n) is 7.81. The van der Waals surface area contributed by atoms with Crippen molar-refractivity contribution in [2.75, 3.05) is 0 Å². The molecular formula is C57H49N3OPt. The van der Waals surface area contributed by atoms with E-state index in [1.807, 2.05) is 142 Å². The van der Waals surface area contributed by atoms with Crippen molar-refractivity contribution >= 4 is 11.0 Å². The smallest absolute Gasteiger partial charge is 0.665 e. The number of fused-ring (bicyclic) bond motifs is 1. The van der Waals surface area contributed by atoms with E-state index in [0.29, 0.717) is 61.7 Å². The molecule has 62 heavy (non-hydrogen) atoms.